The fraction of sp³-hybridized carbons (Fsp3) is 0.0909. The predicted molar refractivity (Wildman–Crippen MR) is 112 cm³/mol. The van der Waals surface area contributed by atoms with Gasteiger partial charge in [-0.3, -0.25) is 9.69 Å². The van der Waals surface area contributed by atoms with Gasteiger partial charge in [0.15, 0.2) is 13.2 Å². The van der Waals surface area contributed by atoms with E-state index in [1.54, 1.807) is 40.9 Å². The topological polar surface area (TPSA) is 55.8 Å². The van der Waals surface area contributed by atoms with Crippen molar-refractivity contribution >= 4 is 46.6 Å². The lowest BCUT2D eigenvalue weighted by atomic mass is 10.2. The maximum absolute atomic E-state index is 12.9. The minimum atomic E-state index is -0.647. The van der Waals surface area contributed by atoms with E-state index in [1.165, 1.54) is 0 Å². The van der Waals surface area contributed by atoms with Crippen molar-refractivity contribution in [2.24, 2.45) is 0 Å². The standard InChI is InChI=1S/C22H16ClNO4S/c23-15-7-1-4-10-18(15)27-14-22(26)28-13-21(25)24-16-8-2-5-11-19(16)29-20-12-6-3-9-17(20)24/h1-12H,13-14H2. The number of hydrogen-bond acceptors (Lipinski definition) is 5. The summed E-state index contributed by atoms with van der Waals surface area (Å²) < 4.78 is 10.5. The summed E-state index contributed by atoms with van der Waals surface area (Å²) in [4.78, 5) is 28.5. The van der Waals surface area contributed by atoms with Crippen molar-refractivity contribution in [2.45, 2.75) is 9.79 Å². The Labute approximate surface area is 177 Å². The molecule has 7 heteroatoms. The van der Waals surface area contributed by atoms with Gasteiger partial charge in [-0.1, -0.05) is 59.8 Å². The lowest BCUT2D eigenvalue weighted by Crippen LogP contribution is -2.33. The SMILES string of the molecule is O=C(COc1ccccc1Cl)OCC(=O)N1c2ccccc2Sc2ccccc21. The largest absolute Gasteiger partial charge is 0.480 e. The maximum atomic E-state index is 12.9. The molecule has 0 saturated heterocycles. The van der Waals surface area contributed by atoms with Crippen LogP contribution in [0.3, 0.4) is 0 Å². The molecular formula is C22H16ClNO4S. The molecule has 1 amide bonds. The molecule has 1 aliphatic rings. The van der Waals surface area contributed by atoms with Crippen molar-refractivity contribution in [2.75, 3.05) is 18.1 Å². The Morgan fingerprint density at radius 1 is 0.828 bits per heavy atom. The van der Waals surface area contributed by atoms with Crippen LogP contribution in [0, 0.1) is 0 Å². The highest BCUT2D eigenvalue weighted by molar-refractivity contribution is 7.99. The molecule has 0 unspecified atom stereocenters. The molecule has 146 valence electrons. The van der Waals surface area contributed by atoms with Crippen LogP contribution < -0.4 is 9.64 Å². The fourth-order valence-corrected chi connectivity index (χ4v) is 4.17. The normalized spacial score (nSPS) is 12.0. The van der Waals surface area contributed by atoms with Gasteiger partial charge in [0.2, 0.25) is 0 Å². The highest BCUT2D eigenvalue weighted by Crippen LogP contribution is 2.47. The van der Waals surface area contributed by atoms with E-state index < -0.39 is 12.6 Å². The number of amides is 1. The van der Waals surface area contributed by atoms with Gasteiger partial charge in [-0.05, 0) is 36.4 Å². The Balaban J connectivity index is 1.44. The van der Waals surface area contributed by atoms with Crippen LogP contribution in [0.4, 0.5) is 11.4 Å². The van der Waals surface area contributed by atoms with Gasteiger partial charge in [-0.2, -0.15) is 0 Å². The number of benzene rings is 3. The van der Waals surface area contributed by atoms with Gasteiger partial charge in [0, 0.05) is 9.79 Å². The Hall–Kier alpha value is -2.96. The first-order valence-electron chi connectivity index (χ1n) is 8.85. The molecule has 0 N–H and O–H groups in total. The van der Waals surface area contributed by atoms with E-state index in [9.17, 15) is 9.59 Å². The van der Waals surface area contributed by atoms with Crippen LogP contribution in [-0.2, 0) is 14.3 Å². The van der Waals surface area contributed by atoms with Crippen LogP contribution in [0.1, 0.15) is 0 Å². The summed E-state index contributed by atoms with van der Waals surface area (Å²) in [6.07, 6.45) is 0. The number of nitrogens with zero attached hydrogens (tertiary/aromatic N) is 1. The molecule has 3 aromatic carbocycles. The number of anilines is 2. The van der Waals surface area contributed by atoms with E-state index in [1.807, 2.05) is 48.5 Å². The van der Waals surface area contributed by atoms with Gasteiger partial charge in [0.1, 0.15) is 5.75 Å². The smallest absolute Gasteiger partial charge is 0.344 e. The van der Waals surface area contributed by atoms with Crippen LogP contribution >= 0.6 is 23.4 Å². The highest BCUT2D eigenvalue weighted by atomic mass is 35.5. The van der Waals surface area contributed by atoms with Crippen LogP contribution in [0.25, 0.3) is 0 Å². The Morgan fingerprint density at radius 2 is 1.41 bits per heavy atom. The second kappa shape index (κ2) is 8.59. The number of para-hydroxylation sites is 3. The fourth-order valence-electron chi connectivity index (χ4n) is 2.92. The minimum absolute atomic E-state index is 0.333. The number of hydrogen-bond donors (Lipinski definition) is 0. The van der Waals surface area contributed by atoms with Crippen molar-refractivity contribution in [1.82, 2.24) is 0 Å². The van der Waals surface area contributed by atoms with E-state index >= 15 is 0 Å². The molecule has 3 aromatic rings. The van der Waals surface area contributed by atoms with E-state index in [2.05, 4.69) is 0 Å². The molecule has 1 aliphatic heterocycles. The number of carbonyl (C=O) groups excluding carboxylic acids is 2. The summed E-state index contributed by atoms with van der Waals surface area (Å²) in [5.41, 5.74) is 1.54. The summed E-state index contributed by atoms with van der Waals surface area (Å²) in [5, 5.41) is 0.399. The number of esters is 1. The summed E-state index contributed by atoms with van der Waals surface area (Å²) >= 11 is 7.59. The molecule has 0 fully saturated rings. The van der Waals surface area contributed by atoms with E-state index in [0.717, 1.165) is 21.2 Å². The lowest BCUT2D eigenvalue weighted by molar-refractivity contribution is -0.149. The zero-order valence-corrected chi connectivity index (χ0v) is 16.8. The van der Waals surface area contributed by atoms with Crippen molar-refractivity contribution < 1.29 is 19.1 Å². The van der Waals surface area contributed by atoms with E-state index in [-0.39, 0.29) is 12.5 Å². The predicted octanol–water partition coefficient (Wildman–Crippen LogP) is 5.09. The maximum Gasteiger partial charge on any atom is 0.344 e. The van der Waals surface area contributed by atoms with Gasteiger partial charge in [-0.15, -0.1) is 0 Å². The highest BCUT2D eigenvalue weighted by Gasteiger charge is 2.28. The minimum Gasteiger partial charge on any atom is -0.480 e. The number of ether oxygens (including phenoxy) is 2. The second-order valence-electron chi connectivity index (χ2n) is 6.15. The van der Waals surface area contributed by atoms with E-state index in [0.29, 0.717) is 10.8 Å². The number of fused-ring (bicyclic) bond motifs is 2. The molecule has 1 heterocycles. The molecular weight excluding hydrogens is 410 g/mol. The number of rotatable bonds is 5. The van der Waals surface area contributed by atoms with E-state index in [4.69, 9.17) is 21.1 Å². The first-order chi connectivity index (χ1) is 14.1. The van der Waals surface area contributed by atoms with Crippen LogP contribution in [0.5, 0.6) is 5.75 Å². The van der Waals surface area contributed by atoms with Crippen LogP contribution in [0.15, 0.2) is 82.6 Å². The van der Waals surface area contributed by atoms with Crippen LogP contribution in [0.2, 0.25) is 5.02 Å². The molecule has 0 atom stereocenters. The quantitative estimate of drug-likeness (QED) is 0.533. The van der Waals surface area contributed by atoms with Gasteiger partial charge in [0.25, 0.3) is 5.91 Å². The van der Waals surface area contributed by atoms with Gasteiger partial charge in [-0.25, -0.2) is 4.79 Å². The second-order valence-corrected chi connectivity index (χ2v) is 7.64. The summed E-state index contributed by atoms with van der Waals surface area (Å²) in [5.74, 6) is -0.601. The number of halogens is 1. The van der Waals surface area contributed by atoms with Crippen molar-refractivity contribution in [3.8, 4) is 5.75 Å². The Morgan fingerprint density at radius 3 is 2.07 bits per heavy atom. The zero-order valence-electron chi connectivity index (χ0n) is 15.2. The Kier molecular flexibility index (Phi) is 5.74. The molecule has 5 nitrogen and oxygen atoms in total. The van der Waals surface area contributed by atoms with Gasteiger partial charge in [0.05, 0.1) is 16.4 Å². The third kappa shape index (κ3) is 4.23. The van der Waals surface area contributed by atoms with Gasteiger partial charge < -0.3 is 9.47 Å². The zero-order chi connectivity index (χ0) is 20.2. The molecule has 0 aliphatic carbocycles. The third-order valence-corrected chi connectivity index (χ3v) is 5.66. The lowest BCUT2D eigenvalue weighted by Gasteiger charge is -2.30. The molecule has 0 radical (unpaired) electrons. The molecule has 4 rings (SSSR count). The summed E-state index contributed by atoms with van der Waals surface area (Å²) in [7, 11) is 0. The number of carbonyl (C=O) groups is 2. The third-order valence-electron chi connectivity index (χ3n) is 4.22. The average molecular weight is 426 g/mol. The van der Waals surface area contributed by atoms with Crippen molar-refractivity contribution in [3.63, 3.8) is 0 Å². The average Bonchev–Trinajstić information content (AvgIpc) is 2.75. The van der Waals surface area contributed by atoms with Crippen molar-refractivity contribution in [3.05, 3.63) is 77.8 Å². The molecule has 0 spiro atoms. The molecule has 0 aromatic heterocycles. The van der Waals surface area contributed by atoms with Crippen molar-refractivity contribution in [1.29, 1.82) is 0 Å². The first kappa shape index (κ1) is 19.4. The van der Waals surface area contributed by atoms with Gasteiger partial charge >= 0.3 is 5.97 Å². The summed E-state index contributed by atoms with van der Waals surface area (Å²) in [6, 6.07) is 22.1. The molecule has 0 bridgehead atoms. The Bertz CT molecular complexity index is 1030. The summed E-state index contributed by atoms with van der Waals surface area (Å²) in [6.45, 7) is -0.724. The first-order valence-corrected chi connectivity index (χ1v) is 10.0. The monoisotopic (exact) mass is 425 g/mol. The van der Waals surface area contributed by atoms with Crippen LogP contribution in [-0.4, -0.2) is 25.1 Å². The molecule has 29 heavy (non-hydrogen) atoms. The molecule has 0 saturated carbocycles.